The number of carboxylic acid groups (broad SMARTS) is 2. The minimum absolute atomic E-state index is 0.176. The number of aliphatic carboxylic acids is 2. The van der Waals surface area contributed by atoms with E-state index in [9.17, 15) is 14.0 Å². The average molecular weight is 246 g/mol. The van der Waals surface area contributed by atoms with E-state index in [1.54, 1.807) is 6.92 Å². The third-order valence-electron chi connectivity index (χ3n) is 4.36. The summed E-state index contributed by atoms with van der Waals surface area (Å²) in [5, 5.41) is 18.0. The molecule has 0 aromatic carbocycles. The van der Waals surface area contributed by atoms with Crippen molar-refractivity contribution < 1.29 is 24.2 Å². The van der Waals surface area contributed by atoms with Crippen LogP contribution in [0.15, 0.2) is 0 Å². The van der Waals surface area contributed by atoms with Crippen LogP contribution in [0.25, 0.3) is 0 Å². The van der Waals surface area contributed by atoms with Crippen LogP contribution in [0.2, 0.25) is 0 Å². The molecule has 2 unspecified atom stereocenters. The number of halogens is 1. The van der Waals surface area contributed by atoms with Crippen molar-refractivity contribution in [2.45, 2.75) is 51.6 Å². The molecule has 2 atom stereocenters. The molecule has 1 saturated carbocycles. The fraction of sp³-hybridized carbons (Fsp3) is 0.833. The van der Waals surface area contributed by atoms with Crippen LogP contribution in [0.4, 0.5) is 4.39 Å². The molecule has 0 spiro atoms. The Hall–Kier alpha value is -1.13. The van der Waals surface area contributed by atoms with Crippen molar-refractivity contribution in [3.63, 3.8) is 0 Å². The molecule has 0 bridgehead atoms. The molecule has 0 aromatic rings. The van der Waals surface area contributed by atoms with Crippen LogP contribution >= 0.6 is 0 Å². The van der Waals surface area contributed by atoms with Crippen molar-refractivity contribution in [2.75, 3.05) is 0 Å². The molecular weight excluding hydrogens is 227 g/mol. The standard InChI is InChI=1S/C12H19FO4/c1-3-8-6-5-7-11(8,4-2)12(13,9(14)15)10(16)17/h8H,3-7H2,1-2H3,(H,14,15)(H,16,17). The van der Waals surface area contributed by atoms with E-state index < -0.39 is 23.0 Å². The van der Waals surface area contributed by atoms with E-state index >= 15 is 0 Å². The molecule has 0 saturated heterocycles. The lowest BCUT2D eigenvalue weighted by molar-refractivity contribution is -0.183. The van der Waals surface area contributed by atoms with Crippen molar-refractivity contribution in [2.24, 2.45) is 11.3 Å². The smallest absolute Gasteiger partial charge is 0.354 e. The maximum Gasteiger partial charge on any atom is 0.354 e. The lowest BCUT2D eigenvalue weighted by Crippen LogP contribution is -2.57. The van der Waals surface area contributed by atoms with Crippen molar-refractivity contribution in [1.82, 2.24) is 0 Å². The van der Waals surface area contributed by atoms with Gasteiger partial charge in [-0.2, -0.15) is 0 Å². The first-order valence-electron chi connectivity index (χ1n) is 6.02. The highest BCUT2D eigenvalue weighted by atomic mass is 19.1. The zero-order valence-corrected chi connectivity index (χ0v) is 10.2. The van der Waals surface area contributed by atoms with E-state index in [4.69, 9.17) is 10.2 Å². The summed E-state index contributed by atoms with van der Waals surface area (Å²) in [6.45, 7) is 3.53. The summed E-state index contributed by atoms with van der Waals surface area (Å²) in [6.07, 6.45) is 2.58. The molecule has 0 heterocycles. The summed E-state index contributed by atoms with van der Waals surface area (Å²) in [5.74, 6) is -3.91. The molecule has 5 heteroatoms. The molecule has 17 heavy (non-hydrogen) atoms. The summed E-state index contributed by atoms with van der Waals surface area (Å²) in [5.41, 5.74) is -4.43. The average Bonchev–Trinajstić information content (AvgIpc) is 2.71. The van der Waals surface area contributed by atoms with Crippen molar-refractivity contribution in [3.05, 3.63) is 0 Å². The molecule has 2 N–H and O–H groups in total. The predicted octanol–water partition coefficient (Wildman–Crippen LogP) is 2.47. The van der Waals surface area contributed by atoms with Crippen molar-refractivity contribution in [3.8, 4) is 0 Å². The number of hydrogen-bond donors (Lipinski definition) is 2. The highest BCUT2D eigenvalue weighted by Crippen LogP contribution is 2.56. The monoisotopic (exact) mass is 246 g/mol. The predicted molar refractivity (Wildman–Crippen MR) is 59.5 cm³/mol. The minimum atomic E-state index is -3.17. The van der Waals surface area contributed by atoms with Gasteiger partial charge in [-0.05, 0) is 25.2 Å². The lowest BCUT2D eigenvalue weighted by atomic mass is 9.63. The quantitative estimate of drug-likeness (QED) is 0.731. The summed E-state index contributed by atoms with van der Waals surface area (Å²) >= 11 is 0. The highest BCUT2D eigenvalue weighted by Gasteiger charge is 2.66. The number of carbonyl (C=O) groups is 2. The molecule has 98 valence electrons. The van der Waals surface area contributed by atoms with E-state index in [0.717, 1.165) is 0 Å². The molecule has 1 aliphatic rings. The maximum atomic E-state index is 14.6. The Morgan fingerprint density at radius 1 is 1.35 bits per heavy atom. The van der Waals surface area contributed by atoms with E-state index in [-0.39, 0.29) is 12.3 Å². The summed E-state index contributed by atoms with van der Waals surface area (Å²) in [4.78, 5) is 22.2. The molecule has 1 rings (SSSR count). The van der Waals surface area contributed by atoms with Gasteiger partial charge in [-0.15, -0.1) is 0 Å². The van der Waals surface area contributed by atoms with Crippen LogP contribution in [0.1, 0.15) is 46.0 Å². The largest absolute Gasteiger partial charge is 0.478 e. The van der Waals surface area contributed by atoms with Gasteiger partial charge in [-0.3, -0.25) is 0 Å². The topological polar surface area (TPSA) is 74.6 Å². The molecule has 0 aliphatic heterocycles. The Balaban J connectivity index is 3.31. The lowest BCUT2D eigenvalue weighted by Gasteiger charge is -2.41. The van der Waals surface area contributed by atoms with Gasteiger partial charge in [0.05, 0.1) is 0 Å². The van der Waals surface area contributed by atoms with Crippen LogP contribution in [-0.4, -0.2) is 27.8 Å². The molecular formula is C12H19FO4. The Bertz CT molecular complexity index is 314. The molecule has 0 amide bonds. The maximum absolute atomic E-state index is 14.6. The zero-order chi connectivity index (χ0) is 13.3. The first-order chi connectivity index (χ1) is 7.86. The summed E-state index contributed by atoms with van der Waals surface area (Å²) < 4.78 is 14.6. The Morgan fingerprint density at radius 3 is 2.24 bits per heavy atom. The fourth-order valence-electron chi connectivity index (χ4n) is 3.42. The number of carboxylic acids is 2. The Labute approximate surface area is 99.8 Å². The Morgan fingerprint density at radius 2 is 1.88 bits per heavy atom. The van der Waals surface area contributed by atoms with Gasteiger partial charge in [0, 0.05) is 5.41 Å². The van der Waals surface area contributed by atoms with E-state index in [0.29, 0.717) is 25.7 Å². The van der Waals surface area contributed by atoms with Gasteiger partial charge in [-0.25, -0.2) is 14.0 Å². The molecule has 1 fully saturated rings. The summed E-state index contributed by atoms with van der Waals surface area (Å²) in [7, 11) is 0. The van der Waals surface area contributed by atoms with Crippen molar-refractivity contribution >= 4 is 11.9 Å². The molecule has 1 aliphatic carbocycles. The van der Waals surface area contributed by atoms with Crippen LogP contribution in [0, 0.1) is 11.3 Å². The van der Waals surface area contributed by atoms with Gasteiger partial charge in [0.15, 0.2) is 0 Å². The molecule has 0 radical (unpaired) electrons. The third kappa shape index (κ3) is 1.72. The second kappa shape index (κ2) is 4.63. The van der Waals surface area contributed by atoms with Gasteiger partial charge >= 0.3 is 17.6 Å². The van der Waals surface area contributed by atoms with Crippen LogP contribution in [0.3, 0.4) is 0 Å². The fourth-order valence-corrected chi connectivity index (χ4v) is 3.42. The van der Waals surface area contributed by atoms with Gasteiger partial charge in [-0.1, -0.05) is 26.7 Å². The highest BCUT2D eigenvalue weighted by molar-refractivity contribution is 6.03. The third-order valence-corrected chi connectivity index (χ3v) is 4.36. The SMILES string of the molecule is CCC1CCCC1(CC)C(F)(C(=O)O)C(=O)O. The van der Waals surface area contributed by atoms with Crippen LogP contribution in [-0.2, 0) is 9.59 Å². The van der Waals surface area contributed by atoms with Crippen LogP contribution in [0.5, 0.6) is 0 Å². The minimum Gasteiger partial charge on any atom is -0.478 e. The number of rotatable bonds is 5. The molecule has 0 aromatic heterocycles. The Kier molecular flexibility index (Phi) is 3.79. The van der Waals surface area contributed by atoms with Gasteiger partial charge in [0.25, 0.3) is 0 Å². The number of alkyl halides is 1. The second-order valence-electron chi connectivity index (χ2n) is 4.78. The van der Waals surface area contributed by atoms with E-state index in [1.807, 2.05) is 6.92 Å². The van der Waals surface area contributed by atoms with E-state index in [2.05, 4.69) is 0 Å². The van der Waals surface area contributed by atoms with Gasteiger partial charge < -0.3 is 10.2 Å². The first-order valence-corrected chi connectivity index (χ1v) is 6.02. The summed E-state index contributed by atoms with van der Waals surface area (Å²) in [6, 6.07) is 0. The molecule has 4 nitrogen and oxygen atoms in total. The van der Waals surface area contributed by atoms with Crippen LogP contribution < -0.4 is 0 Å². The second-order valence-corrected chi connectivity index (χ2v) is 4.78. The zero-order valence-electron chi connectivity index (χ0n) is 10.2. The van der Waals surface area contributed by atoms with Gasteiger partial charge in [0.1, 0.15) is 0 Å². The first kappa shape index (κ1) is 13.9. The van der Waals surface area contributed by atoms with E-state index in [1.165, 1.54) is 0 Å². The normalized spacial score (nSPS) is 29.2. The number of hydrogen-bond acceptors (Lipinski definition) is 2. The van der Waals surface area contributed by atoms with Gasteiger partial charge in [0.2, 0.25) is 0 Å². The van der Waals surface area contributed by atoms with Crippen molar-refractivity contribution in [1.29, 1.82) is 0 Å².